The van der Waals surface area contributed by atoms with Gasteiger partial charge >= 0.3 is 0 Å². The van der Waals surface area contributed by atoms with Crippen molar-refractivity contribution in [1.29, 1.82) is 0 Å². The summed E-state index contributed by atoms with van der Waals surface area (Å²) in [6.45, 7) is 3.49. The van der Waals surface area contributed by atoms with Crippen molar-refractivity contribution in [3.8, 4) is 5.88 Å². The second kappa shape index (κ2) is 3.53. The summed E-state index contributed by atoms with van der Waals surface area (Å²) >= 11 is 3.30. The lowest BCUT2D eigenvalue weighted by Gasteiger charge is -2.00. The molecule has 11 heavy (non-hydrogen) atoms. The minimum atomic E-state index is 0.569. The van der Waals surface area contributed by atoms with E-state index in [0.717, 1.165) is 4.47 Å². The van der Waals surface area contributed by atoms with Crippen LogP contribution in [0.3, 0.4) is 0 Å². The van der Waals surface area contributed by atoms with Crippen molar-refractivity contribution in [2.24, 2.45) is 0 Å². The highest BCUT2D eigenvalue weighted by Gasteiger charge is 1.98. The lowest BCUT2D eigenvalue weighted by Crippen LogP contribution is -1.90. The first-order valence-electron chi connectivity index (χ1n) is 3.01. The average molecular weight is 213 g/mol. The van der Waals surface area contributed by atoms with Gasteiger partial charge in [-0.1, -0.05) is 6.58 Å². The van der Waals surface area contributed by atoms with Gasteiger partial charge in [0.15, 0.2) is 0 Å². The normalized spacial score (nSPS) is 9.27. The van der Waals surface area contributed by atoms with Gasteiger partial charge in [0.05, 0.1) is 12.8 Å². The molecule has 0 saturated carbocycles. The fourth-order valence-electron chi connectivity index (χ4n) is 0.662. The molecule has 57 valence electrons. The maximum absolute atomic E-state index is 4.91. The maximum Gasteiger partial charge on any atom is 0.213 e. The van der Waals surface area contributed by atoms with E-state index < -0.39 is 0 Å². The van der Waals surface area contributed by atoms with Crippen LogP contribution in [0.1, 0.15) is 5.69 Å². The molecule has 0 saturated heterocycles. The third-order valence-electron chi connectivity index (χ3n) is 1.20. The molecular weight excluding hydrogens is 206 g/mol. The summed E-state index contributed by atoms with van der Waals surface area (Å²) in [6.07, 6.45) is 2.68. The zero-order valence-electron chi connectivity index (χ0n) is 6.10. The molecule has 0 aliphatic rings. The number of nitrogens with zero attached hydrogens (tertiary/aromatic N) is 1. The number of pyridine rings is 1. The highest BCUT2D eigenvalue weighted by Crippen LogP contribution is 2.17. The Morgan fingerprint density at radius 3 is 2.91 bits per heavy atom. The van der Waals surface area contributed by atoms with Crippen molar-refractivity contribution >= 4 is 15.9 Å². The second-order valence-corrected chi connectivity index (χ2v) is 2.72. The summed E-state index contributed by atoms with van der Waals surface area (Å²) in [5, 5.41) is 0. The molecule has 0 amide bonds. The molecule has 1 aromatic heterocycles. The largest absolute Gasteiger partial charge is 0.481 e. The Bertz CT molecular complexity index is 273. The van der Waals surface area contributed by atoms with Gasteiger partial charge in [0.1, 0.15) is 0 Å². The molecule has 0 aliphatic carbocycles. The molecular formula is C8H7BrNO. The Morgan fingerprint density at radius 1 is 1.64 bits per heavy atom. The van der Waals surface area contributed by atoms with Crippen molar-refractivity contribution in [3.05, 3.63) is 35.0 Å². The summed E-state index contributed by atoms with van der Waals surface area (Å²) in [7, 11) is 1.57. The van der Waals surface area contributed by atoms with E-state index in [0.29, 0.717) is 11.6 Å². The van der Waals surface area contributed by atoms with Crippen LogP contribution in [-0.4, -0.2) is 12.1 Å². The number of hydrogen-bond acceptors (Lipinski definition) is 2. The number of halogens is 1. The van der Waals surface area contributed by atoms with Crippen LogP contribution in [0.2, 0.25) is 0 Å². The summed E-state index contributed by atoms with van der Waals surface area (Å²) in [4.78, 5) is 4.07. The Hall–Kier alpha value is -0.830. The molecule has 0 aromatic carbocycles. The maximum atomic E-state index is 4.91. The smallest absolute Gasteiger partial charge is 0.213 e. The van der Waals surface area contributed by atoms with Crippen molar-refractivity contribution in [2.45, 2.75) is 0 Å². The fraction of sp³-hybridized carbons (Fsp3) is 0.125. The van der Waals surface area contributed by atoms with E-state index in [1.807, 2.05) is 6.07 Å². The second-order valence-electron chi connectivity index (χ2n) is 1.86. The number of rotatable bonds is 2. The molecule has 1 radical (unpaired) electrons. The van der Waals surface area contributed by atoms with Crippen LogP contribution in [0.15, 0.2) is 23.2 Å². The van der Waals surface area contributed by atoms with Crippen LogP contribution in [0.4, 0.5) is 0 Å². The first-order chi connectivity index (χ1) is 5.27. The van der Waals surface area contributed by atoms with Crippen molar-refractivity contribution in [2.75, 3.05) is 7.11 Å². The van der Waals surface area contributed by atoms with Crippen molar-refractivity contribution in [1.82, 2.24) is 4.98 Å². The standard InChI is InChI=1S/C8H7BrNO/c1-3-7-6(9)4-5-8(10-7)11-2/h4-5H,1H2,2H3. The third-order valence-corrected chi connectivity index (χ3v) is 1.84. The number of aromatic nitrogens is 1. The van der Waals surface area contributed by atoms with Crippen LogP contribution in [0.5, 0.6) is 5.88 Å². The van der Waals surface area contributed by atoms with E-state index >= 15 is 0 Å². The summed E-state index contributed by atoms with van der Waals surface area (Å²) in [6, 6.07) is 3.62. The molecule has 0 bridgehead atoms. The number of methoxy groups -OCH3 is 1. The molecule has 1 aromatic rings. The van der Waals surface area contributed by atoms with Crippen LogP contribution in [0.25, 0.3) is 0 Å². The van der Waals surface area contributed by atoms with Gasteiger partial charge in [0.2, 0.25) is 5.88 Å². The third kappa shape index (κ3) is 1.80. The molecule has 0 spiro atoms. The summed E-state index contributed by atoms with van der Waals surface area (Å²) < 4.78 is 5.78. The monoisotopic (exact) mass is 212 g/mol. The van der Waals surface area contributed by atoms with Gasteiger partial charge in [-0.25, -0.2) is 4.98 Å². The molecule has 2 nitrogen and oxygen atoms in total. The van der Waals surface area contributed by atoms with Crippen LogP contribution < -0.4 is 4.74 Å². The highest BCUT2D eigenvalue weighted by atomic mass is 79.9. The number of hydrogen-bond donors (Lipinski definition) is 0. The summed E-state index contributed by atoms with van der Waals surface area (Å²) in [5.41, 5.74) is 0.671. The Balaban J connectivity index is 3.12. The van der Waals surface area contributed by atoms with Gasteiger partial charge in [-0.15, -0.1) is 0 Å². The van der Waals surface area contributed by atoms with Crippen LogP contribution >= 0.6 is 15.9 Å². The van der Waals surface area contributed by atoms with Gasteiger partial charge in [-0.05, 0) is 22.0 Å². The van der Waals surface area contributed by atoms with Crippen molar-refractivity contribution < 1.29 is 4.74 Å². The Kier molecular flexibility index (Phi) is 2.65. The van der Waals surface area contributed by atoms with Crippen molar-refractivity contribution in [3.63, 3.8) is 0 Å². The van der Waals surface area contributed by atoms with Gasteiger partial charge in [-0.2, -0.15) is 0 Å². The molecule has 0 unspecified atom stereocenters. The fourth-order valence-corrected chi connectivity index (χ4v) is 1.02. The predicted octanol–water partition coefficient (Wildman–Crippen LogP) is 2.19. The van der Waals surface area contributed by atoms with E-state index in [2.05, 4.69) is 33.6 Å². The molecule has 1 heterocycles. The van der Waals surface area contributed by atoms with E-state index in [4.69, 9.17) is 4.74 Å². The zero-order valence-corrected chi connectivity index (χ0v) is 7.68. The molecule has 0 fully saturated rings. The van der Waals surface area contributed by atoms with Gasteiger partial charge in [-0.3, -0.25) is 0 Å². The molecule has 1 rings (SSSR count). The van der Waals surface area contributed by atoms with Crippen LogP contribution in [-0.2, 0) is 0 Å². The lowest BCUT2D eigenvalue weighted by atomic mass is 10.3. The minimum absolute atomic E-state index is 0.569. The lowest BCUT2D eigenvalue weighted by molar-refractivity contribution is 0.397. The predicted molar refractivity (Wildman–Crippen MR) is 46.5 cm³/mol. The summed E-state index contributed by atoms with van der Waals surface area (Å²) in [5.74, 6) is 0.569. The topological polar surface area (TPSA) is 22.1 Å². The molecule has 3 heteroatoms. The Morgan fingerprint density at radius 2 is 2.36 bits per heavy atom. The Labute approximate surface area is 74.0 Å². The minimum Gasteiger partial charge on any atom is -0.481 e. The average Bonchev–Trinajstić information content (AvgIpc) is 2.05. The van der Waals surface area contributed by atoms with Gasteiger partial charge in [0.25, 0.3) is 0 Å². The SMILES string of the molecule is C=[C]c1nc(OC)ccc1Br. The van der Waals surface area contributed by atoms with E-state index in [-0.39, 0.29) is 0 Å². The molecule has 0 atom stereocenters. The quantitative estimate of drug-likeness (QED) is 0.751. The first kappa shape index (κ1) is 8.27. The zero-order chi connectivity index (χ0) is 8.27. The van der Waals surface area contributed by atoms with E-state index in [1.54, 1.807) is 13.2 Å². The molecule has 0 aliphatic heterocycles. The highest BCUT2D eigenvalue weighted by molar-refractivity contribution is 9.10. The van der Waals surface area contributed by atoms with E-state index in [9.17, 15) is 0 Å². The van der Waals surface area contributed by atoms with Gasteiger partial charge in [0, 0.05) is 16.6 Å². The molecule has 0 N–H and O–H groups in total. The first-order valence-corrected chi connectivity index (χ1v) is 3.81. The van der Waals surface area contributed by atoms with E-state index in [1.165, 1.54) is 0 Å². The van der Waals surface area contributed by atoms with Gasteiger partial charge < -0.3 is 4.74 Å². The van der Waals surface area contributed by atoms with Crippen LogP contribution in [0, 0.1) is 6.08 Å². The number of ether oxygens (including phenoxy) is 1.